The quantitative estimate of drug-likeness (QED) is 0.521. The SMILES string of the molecule is O=C(NCC(c1ccccc1)c1ccccc1)Nc1ccc(I)cc1. The number of urea groups is 1. The van der Waals surface area contributed by atoms with E-state index in [9.17, 15) is 4.79 Å². The summed E-state index contributed by atoms with van der Waals surface area (Å²) in [7, 11) is 0. The lowest BCUT2D eigenvalue weighted by Gasteiger charge is -2.19. The topological polar surface area (TPSA) is 41.1 Å². The second kappa shape index (κ2) is 8.67. The zero-order chi connectivity index (χ0) is 17.5. The molecule has 3 aromatic rings. The molecule has 0 unspecified atom stereocenters. The van der Waals surface area contributed by atoms with Crippen molar-refractivity contribution in [2.24, 2.45) is 0 Å². The van der Waals surface area contributed by atoms with E-state index in [0.717, 1.165) is 9.26 Å². The molecule has 4 heteroatoms. The molecular weight excluding hydrogens is 423 g/mol. The maximum absolute atomic E-state index is 12.2. The van der Waals surface area contributed by atoms with Crippen molar-refractivity contribution in [3.8, 4) is 0 Å². The van der Waals surface area contributed by atoms with Crippen LogP contribution in [0.2, 0.25) is 0 Å². The molecule has 0 aliphatic heterocycles. The van der Waals surface area contributed by atoms with E-state index in [1.807, 2.05) is 60.7 Å². The van der Waals surface area contributed by atoms with Gasteiger partial charge in [0, 0.05) is 21.7 Å². The van der Waals surface area contributed by atoms with Gasteiger partial charge in [-0.15, -0.1) is 0 Å². The first kappa shape index (κ1) is 17.5. The molecule has 0 fully saturated rings. The van der Waals surface area contributed by atoms with Crippen molar-refractivity contribution in [2.75, 3.05) is 11.9 Å². The van der Waals surface area contributed by atoms with Gasteiger partial charge in [0.05, 0.1) is 0 Å². The first-order chi connectivity index (χ1) is 12.2. The normalized spacial score (nSPS) is 10.5. The van der Waals surface area contributed by atoms with Crippen molar-refractivity contribution in [1.82, 2.24) is 5.32 Å². The number of rotatable bonds is 5. The molecule has 2 amide bonds. The first-order valence-corrected chi connectivity index (χ1v) is 9.20. The van der Waals surface area contributed by atoms with E-state index in [1.165, 1.54) is 11.1 Å². The van der Waals surface area contributed by atoms with Gasteiger partial charge in [0.15, 0.2) is 0 Å². The summed E-state index contributed by atoms with van der Waals surface area (Å²) >= 11 is 2.24. The molecule has 0 aliphatic rings. The Labute approximate surface area is 161 Å². The molecule has 3 aromatic carbocycles. The van der Waals surface area contributed by atoms with Crippen molar-refractivity contribution in [2.45, 2.75) is 5.92 Å². The third-order valence-electron chi connectivity index (χ3n) is 3.97. The summed E-state index contributed by atoms with van der Waals surface area (Å²) in [6.45, 7) is 0.532. The average Bonchev–Trinajstić information content (AvgIpc) is 2.66. The van der Waals surface area contributed by atoms with Crippen LogP contribution in [0, 0.1) is 3.57 Å². The summed E-state index contributed by atoms with van der Waals surface area (Å²) in [4.78, 5) is 12.2. The molecule has 0 aromatic heterocycles. The van der Waals surface area contributed by atoms with Crippen LogP contribution in [0.3, 0.4) is 0 Å². The van der Waals surface area contributed by atoms with E-state index in [2.05, 4.69) is 57.5 Å². The van der Waals surface area contributed by atoms with Crippen molar-refractivity contribution in [3.05, 3.63) is 99.6 Å². The minimum atomic E-state index is -0.196. The number of nitrogens with one attached hydrogen (secondary N) is 2. The Morgan fingerprint density at radius 1 is 0.800 bits per heavy atom. The number of anilines is 1. The zero-order valence-corrected chi connectivity index (χ0v) is 15.8. The Bertz CT molecular complexity index is 765. The summed E-state index contributed by atoms with van der Waals surface area (Å²) in [5.74, 6) is 0.116. The summed E-state index contributed by atoms with van der Waals surface area (Å²) in [6.07, 6.45) is 0. The van der Waals surface area contributed by atoms with Gasteiger partial charge < -0.3 is 10.6 Å². The lowest BCUT2D eigenvalue weighted by atomic mass is 9.91. The van der Waals surface area contributed by atoms with Gasteiger partial charge in [-0.2, -0.15) is 0 Å². The van der Waals surface area contributed by atoms with Gasteiger partial charge in [-0.1, -0.05) is 60.7 Å². The minimum Gasteiger partial charge on any atom is -0.337 e. The van der Waals surface area contributed by atoms with E-state index in [4.69, 9.17) is 0 Å². The fourth-order valence-corrected chi connectivity index (χ4v) is 3.06. The first-order valence-electron chi connectivity index (χ1n) is 8.12. The molecule has 0 aliphatic carbocycles. The molecule has 0 bridgehead atoms. The van der Waals surface area contributed by atoms with Crippen LogP contribution in [0.1, 0.15) is 17.0 Å². The third-order valence-corrected chi connectivity index (χ3v) is 4.69. The van der Waals surface area contributed by atoms with Crippen LogP contribution < -0.4 is 10.6 Å². The molecular formula is C21H19IN2O. The zero-order valence-electron chi connectivity index (χ0n) is 13.7. The fraction of sp³-hybridized carbons (Fsp3) is 0.0952. The van der Waals surface area contributed by atoms with Crippen molar-refractivity contribution < 1.29 is 4.79 Å². The second-order valence-corrected chi connectivity index (χ2v) is 6.96. The molecule has 25 heavy (non-hydrogen) atoms. The summed E-state index contributed by atoms with van der Waals surface area (Å²) in [5.41, 5.74) is 3.15. The van der Waals surface area contributed by atoms with Gasteiger partial charge in [-0.05, 0) is 58.0 Å². The lowest BCUT2D eigenvalue weighted by Crippen LogP contribution is -2.32. The Morgan fingerprint density at radius 2 is 1.32 bits per heavy atom. The highest BCUT2D eigenvalue weighted by Crippen LogP contribution is 2.23. The molecule has 0 saturated heterocycles. The van der Waals surface area contributed by atoms with E-state index in [-0.39, 0.29) is 11.9 Å². The lowest BCUT2D eigenvalue weighted by molar-refractivity contribution is 0.252. The Hall–Kier alpha value is -2.34. The maximum Gasteiger partial charge on any atom is 0.319 e. The van der Waals surface area contributed by atoms with E-state index < -0.39 is 0 Å². The highest BCUT2D eigenvalue weighted by Gasteiger charge is 2.15. The molecule has 0 spiro atoms. The number of halogens is 1. The molecule has 0 heterocycles. The van der Waals surface area contributed by atoms with Gasteiger partial charge in [-0.3, -0.25) is 0 Å². The van der Waals surface area contributed by atoms with Gasteiger partial charge in [0.1, 0.15) is 0 Å². The number of benzene rings is 3. The highest BCUT2D eigenvalue weighted by molar-refractivity contribution is 14.1. The predicted octanol–water partition coefficient (Wildman–Crippen LogP) is 5.24. The van der Waals surface area contributed by atoms with Crippen molar-refractivity contribution in [1.29, 1.82) is 0 Å². The van der Waals surface area contributed by atoms with Crippen LogP contribution in [0.15, 0.2) is 84.9 Å². The molecule has 3 rings (SSSR count). The van der Waals surface area contributed by atoms with Gasteiger partial charge in [-0.25, -0.2) is 4.79 Å². The molecule has 126 valence electrons. The van der Waals surface area contributed by atoms with Gasteiger partial charge >= 0.3 is 6.03 Å². The number of carbonyl (C=O) groups is 1. The second-order valence-electron chi connectivity index (χ2n) is 5.72. The molecule has 3 nitrogen and oxygen atoms in total. The Morgan fingerprint density at radius 3 is 1.84 bits per heavy atom. The summed E-state index contributed by atoms with van der Waals surface area (Å²) < 4.78 is 1.14. The number of amides is 2. The third kappa shape index (κ3) is 5.06. The summed E-state index contributed by atoms with van der Waals surface area (Å²) in [6, 6.07) is 28.0. The predicted molar refractivity (Wildman–Crippen MR) is 111 cm³/mol. The van der Waals surface area contributed by atoms with E-state index in [1.54, 1.807) is 0 Å². The van der Waals surface area contributed by atoms with Crippen LogP contribution in [0.5, 0.6) is 0 Å². The van der Waals surface area contributed by atoms with Crippen molar-refractivity contribution >= 4 is 34.3 Å². The van der Waals surface area contributed by atoms with Crippen LogP contribution in [0.4, 0.5) is 10.5 Å². The molecule has 2 N–H and O–H groups in total. The Balaban J connectivity index is 1.68. The number of carbonyl (C=O) groups excluding carboxylic acids is 1. The smallest absolute Gasteiger partial charge is 0.319 e. The maximum atomic E-state index is 12.2. The highest BCUT2D eigenvalue weighted by atomic mass is 127. The minimum absolute atomic E-state index is 0.116. The van der Waals surface area contributed by atoms with Crippen molar-refractivity contribution in [3.63, 3.8) is 0 Å². The number of hydrogen-bond donors (Lipinski definition) is 2. The van der Waals surface area contributed by atoms with E-state index in [0.29, 0.717) is 6.54 Å². The molecule has 0 radical (unpaired) electrons. The number of hydrogen-bond acceptors (Lipinski definition) is 1. The van der Waals surface area contributed by atoms with Gasteiger partial charge in [0.25, 0.3) is 0 Å². The van der Waals surface area contributed by atoms with Crippen LogP contribution in [-0.4, -0.2) is 12.6 Å². The monoisotopic (exact) mass is 442 g/mol. The Kier molecular flexibility index (Phi) is 6.06. The standard InChI is InChI=1S/C21H19IN2O/c22-18-11-13-19(14-12-18)24-21(25)23-15-20(16-7-3-1-4-8-16)17-9-5-2-6-10-17/h1-14,20H,15H2,(H2,23,24,25). The van der Waals surface area contributed by atoms with Crippen LogP contribution in [-0.2, 0) is 0 Å². The van der Waals surface area contributed by atoms with Gasteiger partial charge in [0.2, 0.25) is 0 Å². The van der Waals surface area contributed by atoms with E-state index >= 15 is 0 Å². The summed E-state index contributed by atoms with van der Waals surface area (Å²) in [5, 5.41) is 5.86. The molecule has 0 saturated carbocycles. The largest absolute Gasteiger partial charge is 0.337 e. The van der Waals surface area contributed by atoms with Crippen LogP contribution >= 0.6 is 22.6 Å². The van der Waals surface area contributed by atoms with Crippen LogP contribution in [0.25, 0.3) is 0 Å². The fourth-order valence-electron chi connectivity index (χ4n) is 2.70. The molecule has 0 atom stereocenters. The average molecular weight is 442 g/mol.